The predicted molar refractivity (Wildman–Crippen MR) is 129 cm³/mol. The number of phenols is 1. The lowest BCUT2D eigenvalue weighted by Gasteiger charge is -2.27. The van der Waals surface area contributed by atoms with Crippen molar-refractivity contribution in [3.63, 3.8) is 0 Å². The Bertz CT molecular complexity index is 1110. The van der Waals surface area contributed by atoms with E-state index in [0.717, 1.165) is 12.0 Å². The number of phenolic OH excluding ortho intramolecular Hbond substituents is 1. The maximum atomic E-state index is 13.1. The molecule has 2 N–H and O–H groups in total. The van der Waals surface area contributed by atoms with Crippen LogP contribution < -0.4 is 9.47 Å². The van der Waals surface area contributed by atoms with Gasteiger partial charge < -0.3 is 29.5 Å². The second-order valence-corrected chi connectivity index (χ2v) is 8.56. The van der Waals surface area contributed by atoms with Crippen LogP contribution in [0.25, 0.3) is 5.76 Å². The quantitative estimate of drug-likeness (QED) is 0.330. The number of nitrogens with zero attached hydrogens (tertiary/aromatic N) is 2. The van der Waals surface area contributed by atoms with Crippen molar-refractivity contribution in [2.45, 2.75) is 26.3 Å². The first-order valence-corrected chi connectivity index (χ1v) is 11.2. The Morgan fingerprint density at radius 1 is 1.12 bits per heavy atom. The van der Waals surface area contributed by atoms with Crippen LogP contribution in [0.1, 0.15) is 36.1 Å². The largest absolute Gasteiger partial charge is 0.507 e. The zero-order valence-corrected chi connectivity index (χ0v) is 20.3. The molecule has 1 fully saturated rings. The van der Waals surface area contributed by atoms with Crippen LogP contribution in [0, 0.1) is 6.92 Å². The number of aromatic hydroxyl groups is 1. The number of hydrogen-bond donors (Lipinski definition) is 2. The number of rotatable bonds is 9. The van der Waals surface area contributed by atoms with Crippen molar-refractivity contribution >= 4 is 17.4 Å². The lowest BCUT2D eigenvalue weighted by atomic mass is 9.94. The molecule has 0 radical (unpaired) electrons. The molecule has 34 heavy (non-hydrogen) atoms. The van der Waals surface area contributed by atoms with E-state index in [9.17, 15) is 19.8 Å². The average molecular weight is 469 g/mol. The number of methoxy groups -OCH3 is 1. The number of benzene rings is 2. The summed E-state index contributed by atoms with van der Waals surface area (Å²) in [6.07, 6.45) is 0.867. The van der Waals surface area contributed by atoms with Gasteiger partial charge in [-0.2, -0.15) is 0 Å². The van der Waals surface area contributed by atoms with Gasteiger partial charge in [0.05, 0.1) is 25.3 Å². The fourth-order valence-corrected chi connectivity index (χ4v) is 3.97. The smallest absolute Gasteiger partial charge is 0.295 e. The maximum Gasteiger partial charge on any atom is 0.295 e. The van der Waals surface area contributed by atoms with Crippen molar-refractivity contribution in [1.29, 1.82) is 0 Å². The molecule has 2 aromatic rings. The van der Waals surface area contributed by atoms with Crippen molar-refractivity contribution in [2.75, 3.05) is 40.9 Å². The number of aryl methyl sites for hydroxylation is 1. The predicted octanol–water partition coefficient (Wildman–Crippen LogP) is 3.48. The van der Waals surface area contributed by atoms with Gasteiger partial charge >= 0.3 is 0 Å². The van der Waals surface area contributed by atoms with Crippen molar-refractivity contribution in [3.8, 4) is 17.2 Å². The van der Waals surface area contributed by atoms with Crippen molar-refractivity contribution in [1.82, 2.24) is 9.80 Å². The zero-order chi connectivity index (χ0) is 25.0. The van der Waals surface area contributed by atoms with E-state index in [0.29, 0.717) is 30.0 Å². The van der Waals surface area contributed by atoms with Gasteiger partial charge in [0, 0.05) is 18.7 Å². The summed E-state index contributed by atoms with van der Waals surface area (Å²) < 4.78 is 10.8. The summed E-state index contributed by atoms with van der Waals surface area (Å²) in [5, 5.41) is 21.6. The summed E-state index contributed by atoms with van der Waals surface area (Å²) >= 11 is 0. The molecule has 8 nitrogen and oxygen atoms in total. The number of carbonyl (C=O) groups is 2. The van der Waals surface area contributed by atoms with Crippen molar-refractivity contribution < 1.29 is 29.3 Å². The van der Waals surface area contributed by atoms with E-state index >= 15 is 0 Å². The molecule has 182 valence electrons. The van der Waals surface area contributed by atoms with E-state index in [1.165, 1.54) is 18.1 Å². The third-order valence-corrected chi connectivity index (χ3v) is 5.76. The molecule has 0 aliphatic carbocycles. The van der Waals surface area contributed by atoms with Gasteiger partial charge in [-0.3, -0.25) is 9.59 Å². The summed E-state index contributed by atoms with van der Waals surface area (Å²) in [5.41, 5.74) is 1.69. The number of Topliss-reactive ketones (excluding diaryl/α,β-unsaturated/α-hetero) is 1. The lowest BCUT2D eigenvalue weighted by Crippen LogP contribution is -2.35. The highest BCUT2D eigenvalue weighted by Gasteiger charge is 2.46. The number of amides is 1. The number of ether oxygens (including phenoxy) is 2. The Kier molecular flexibility index (Phi) is 7.83. The molecule has 0 saturated carbocycles. The topological polar surface area (TPSA) is 99.5 Å². The minimum atomic E-state index is -0.854. The van der Waals surface area contributed by atoms with Crippen LogP contribution in [0.3, 0.4) is 0 Å². The number of ketones is 1. The van der Waals surface area contributed by atoms with Gasteiger partial charge in [-0.1, -0.05) is 13.0 Å². The fraction of sp³-hybridized carbons (Fsp3) is 0.385. The van der Waals surface area contributed by atoms with Gasteiger partial charge in [0.2, 0.25) is 0 Å². The highest BCUT2D eigenvalue weighted by molar-refractivity contribution is 6.46. The summed E-state index contributed by atoms with van der Waals surface area (Å²) in [6, 6.07) is 9.00. The third-order valence-electron chi connectivity index (χ3n) is 5.76. The fourth-order valence-electron chi connectivity index (χ4n) is 3.97. The number of hydrogen-bond acceptors (Lipinski definition) is 7. The van der Waals surface area contributed by atoms with E-state index in [2.05, 4.69) is 0 Å². The molecule has 1 heterocycles. The SMILES string of the molecule is CCCOc1ccc(/C(O)=C2/C(=O)C(=O)N(CCN(C)C)C2c2ccc(OC)c(O)c2)cc1C. The molecule has 0 spiro atoms. The molecule has 1 amide bonds. The molecule has 1 saturated heterocycles. The minimum absolute atomic E-state index is 0.0186. The Hall–Kier alpha value is -3.52. The van der Waals surface area contributed by atoms with E-state index < -0.39 is 17.7 Å². The van der Waals surface area contributed by atoms with Gasteiger partial charge in [0.25, 0.3) is 11.7 Å². The molecular weight excluding hydrogens is 436 g/mol. The molecule has 1 unspecified atom stereocenters. The summed E-state index contributed by atoms with van der Waals surface area (Å²) in [5.74, 6) is -0.875. The van der Waals surface area contributed by atoms with Crippen LogP contribution in [0.15, 0.2) is 42.0 Å². The van der Waals surface area contributed by atoms with Gasteiger partial charge in [0.15, 0.2) is 11.5 Å². The molecule has 8 heteroatoms. The summed E-state index contributed by atoms with van der Waals surface area (Å²) in [6.45, 7) is 5.24. The monoisotopic (exact) mass is 468 g/mol. The number of likely N-dealkylation sites (N-methyl/N-ethyl adjacent to an activating group) is 1. The van der Waals surface area contributed by atoms with Gasteiger partial charge in [0.1, 0.15) is 11.5 Å². The molecule has 3 rings (SSSR count). The Labute approximate surface area is 200 Å². The second kappa shape index (κ2) is 10.6. The van der Waals surface area contributed by atoms with Crippen LogP contribution >= 0.6 is 0 Å². The molecule has 1 aliphatic rings. The summed E-state index contributed by atoms with van der Waals surface area (Å²) in [4.78, 5) is 29.5. The van der Waals surface area contributed by atoms with E-state index in [1.54, 1.807) is 30.3 Å². The van der Waals surface area contributed by atoms with Crippen molar-refractivity contribution in [3.05, 3.63) is 58.7 Å². The first-order chi connectivity index (χ1) is 16.2. The normalized spacial score (nSPS) is 17.5. The molecule has 0 bridgehead atoms. The van der Waals surface area contributed by atoms with Crippen molar-refractivity contribution in [2.24, 2.45) is 0 Å². The van der Waals surface area contributed by atoms with Crippen LogP contribution in [0.4, 0.5) is 0 Å². The zero-order valence-electron chi connectivity index (χ0n) is 20.3. The Morgan fingerprint density at radius 3 is 2.41 bits per heavy atom. The molecule has 0 aromatic heterocycles. The van der Waals surface area contributed by atoms with Gasteiger partial charge in [-0.25, -0.2) is 0 Å². The number of aliphatic hydroxyl groups is 1. The van der Waals surface area contributed by atoms with Crippen LogP contribution in [-0.4, -0.2) is 72.6 Å². The van der Waals surface area contributed by atoms with E-state index in [1.807, 2.05) is 32.8 Å². The van der Waals surface area contributed by atoms with Crippen LogP contribution in [-0.2, 0) is 9.59 Å². The highest BCUT2D eigenvalue weighted by atomic mass is 16.5. The average Bonchev–Trinajstić information content (AvgIpc) is 3.06. The first-order valence-electron chi connectivity index (χ1n) is 11.2. The number of carbonyl (C=O) groups excluding carboxylic acids is 2. The number of aliphatic hydroxyl groups excluding tert-OH is 1. The molecular formula is C26H32N2O6. The summed E-state index contributed by atoms with van der Waals surface area (Å²) in [7, 11) is 5.18. The van der Waals surface area contributed by atoms with Crippen LogP contribution in [0.5, 0.6) is 17.2 Å². The Balaban J connectivity index is 2.12. The van der Waals surface area contributed by atoms with Gasteiger partial charge in [-0.05, 0) is 68.9 Å². The third kappa shape index (κ3) is 5.02. The van der Waals surface area contributed by atoms with E-state index in [4.69, 9.17) is 9.47 Å². The lowest BCUT2D eigenvalue weighted by molar-refractivity contribution is -0.140. The Morgan fingerprint density at radius 2 is 1.82 bits per heavy atom. The van der Waals surface area contributed by atoms with E-state index in [-0.39, 0.29) is 29.4 Å². The first kappa shape index (κ1) is 25.1. The number of likely N-dealkylation sites (tertiary alicyclic amines) is 1. The molecule has 2 aromatic carbocycles. The van der Waals surface area contributed by atoms with Crippen LogP contribution in [0.2, 0.25) is 0 Å². The highest BCUT2D eigenvalue weighted by Crippen LogP contribution is 2.41. The molecule has 1 atom stereocenters. The minimum Gasteiger partial charge on any atom is -0.507 e. The van der Waals surface area contributed by atoms with Gasteiger partial charge in [-0.15, -0.1) is 0 Å². The maximum absolute atomic E-state index is 13.1. The molecule has 1 aliphatic heterocycles. The second-order valence-electron chi connectivity index (χ2n) is 8.56. The standard InChI is InChI=1S/C26H32N2O6/c1-6-13-34-20-9-8-18(14-16(20)2)24(30)22-23(17-7-10-21(33-5)19(29)15-17)28(12-11-27(3)4)26(32)25(22)31/h7-10,14-15,23,29-30H,6,11-13H2,1-5H3/b24-22-.